The standard InChI is InChI=1S/C35H49N3O9/c36-13-15-41-17-19-43-21-23-45-25-27-47-28-26-46-24-22-44-20-18-42-16-14-37-34(39)11-12-35(40)38-29-32-7-2-1-5-30(32)9-10-31-6-3-4-8-33(31)38/h1-8H,11-29,36H2,(H,37,39). The molecule has 2 aromatic rings. The lowest BCUT2D eigenvalue weighted by Gasteiger charge is -2.26. The number of fused-ring (bicyclic) bond motifs is 2. The molecule has 0 unspecified atom stereocenters. The number of benzene rings is 2. The Morgan fingerprint density at radius 1 is 0.617 bits per heavy atom. The number of amides is 2. The van der Waals surface area contributed by atoms with Gasteiger partial charge in [0.25, 0.3) is 0 Å². The Morgan fingerprint density at radius 2 is 1.09 bits per heavy atom. The fourth-order valence-corrected chi connectivity index (χ4v) is 4.42. The van der Waals surface area contributed by atoms with Gasteiger partial charge < -0.3 is 49.1 Å². The topological polar surface area (TPSA) is 140 Å². The Balaban J connectivity index is 1.11. The molecule has 1 heterocycles. The Labute approximate surface area is 278 Å². The fourth-order valence-electron chi connectivity index (χ4n) is 4.42. The largest absolute Gasteiger partial charge is 0.378 e. The molecule has 0 bridgehead atoms. The van der Waals surface area contributed by atoms with E-state index in [4.69, 9.17) is 38.9 Å². The van der Waals surface area contributed by atoms with Gasteiger partial charge in [0.15, 0.2) is 0 Å². The molecular formula is C35H49N3O9. The molecule has 0 fully saturated rings. The summed E-state index contributed by atoms with van der Waals surface area (Å²) in [5.41, 5.74) is 8.75. The minimum absolute atomic E-state index is 0.0925. The molecule has 2 amide bonds. The third-order valence-electron chi connectivity index (χ3n) is 6.80. The van der Waals surface area contributed by atoms with Crippen LogP contribution in [0.2, 0.25) is 0 Å². The van der Waals surface area contributed by atoms with Crippen molar-refractivity contribution in [2.24, 2.45) is 5.73 Å². The minimum atomic E-state index is -0.196. The van der Waals surface area contributed by atoms with E-state index in [9.17, 15) is 9.59 Å². The van der Waals surface area contributed by atoms with Gasteiger partial charge in [-0.3, -0.25) is 9.59 Å². The molecule has 0 saturated carbocycles. The van der Waals surface area contributed by atoms with Crippen LogP contribution in [0.15, 0.2) is 48.5 Å². The van der Waals surface area contributed by atoms with Crippen molar-refractivity contribution in [3.05, 3.63) is 65.2 Å². The molecule has 0 atom stereocenters. The van der Waals surface area contributed by atoms with Crippen LogP contribution in [0.25, 0.3) is 0 Å². The molecule has 12 nitrogen and oxygen atoms in total. The van der Waals surface area contributed by atoms with E-state index in [1.807, 2.05) is 48.5 Å². The molecule has 1 aliphatic heterocycles. The summed E-state index contributed by atoms with van der Waals surface area (Å²) in [6, 6.07) is 15.4. The quantitative estimate of drug-likeness (QED) is 0.114. The molecule has 12 heteroatoms. The van der Waals surface area contributed by atoms with E-state index in [1.165, 1.54) is 0 Å². The highest BCUT2D eigenvalue weighted by Gasteiger charge is 2.21. The van der Waals surface area contributed by atoms with E-state index in [2.05, 4.69) is 17.2 Å². The third kappa shape index (κ3) is 16.3. The number of nitrogens with two attached hydrogens (primary N) is 1. The number of hydrogen-bond donors (Lipinski definition) is 2. The van der Waals surface area contributed by atoms with Crippen molar-refractivity contribution in [1.29, 1.82) is 0 Å². The average molecular weight is 656 g/mol. The molecule has 47 heavy (non-hydrogen) atoms. The van der Waals surface area contributed by atoms with E-state index in [0.717, 1.165) is 22.4 Å². The first kappa shape index (κ1) is 38.1. The molecule has 0 saturated heterocycles. The lowest BCUT2D eigenvalue weighted by Crippen LogP contribution is -2.34. The summed E-state index contributed by atoms with van der Waals surface area (Å²) in [5, 5.41) is 2.81. The normalized spacial score (nSPS) is 12.0. The van der Waals surface area contributed by atoms with Crippen molar-refractivity contribution in [2.45, 2.75) is 19.4 Å². The third-order valence-corrected chi connectivity index (χ3v) is 6.80. The zero-order valence-electron chi connectivity index (χ0n) is 27.3. The molecule has 3 rings (SSSR count). The van der Waals surface area contributed by atoms with Crippen molar-refractivity contribution in [3.8, 4) is 11.8 Å². The second kappa shape index (κ2) is 24.7. The lowest BCUT2D eigenvalue weighted by molar-refractivity contribution is -0.125. The van der Waals surface area contributed by atoms with Crippen LogP contribution >= 0.6 is 0 Å². The van der Waals surface area contributed by atoms with Gasteiger partial charge in [-0.1, -0.05) is 42.2 Å². The maximum absolute atomic E-state index is 13.2. The van der Waals surface area contributed by atoms with Gasteiger partial charge >= 0.3 is 0 Å². The maximum Gasteiger partial charge on any atom is 0.227 e. The van der Waals surface area contributed by atoms with Crippen LogP contribution in [-0.2, 0) is 49.3 Å². The molecule has 258 valence electrons. The number of hydrogen-bond acceptors (Lipinski definition) is 10. The summed E-state index contributed by atoms with van der Waals surface area (Å²) in [5.74, 6) is 6.07. The fraction of sp³-hybridized carbons (Fsp3) is 0.543. The summed E-state index contributed by atoms with van der Waals surface area (Å²) < 4.78 is 37.9. The van der Waals surface area contributed by atoms with Crippen molar-refractivity contribution >= 4 is 17.5 Å². The predicted molar refractivity (Wildman–Crippen MR) is 177 cm³/mol. The molecule has 2 aromatic carbocycles. The van der Waals surface area contributed by atoms with Crippen molar-refractivity contribution in [3.63, 3.8) is 0 Å². The summed E-state index contributed by atoms with van der Waals surface area (Å²) in [6.07, 6.45) is 0.186. The lowest BCUT2D eigenvalue weighted by atomic mass is 10.0. The second-order valence-corrected chi connectivity index (χ2v) is 10.3. The van der Waals surface area contributed by atoms with Gasteiger partial charge in [0.1, 0.15) is 0 Å². The summed E-state index contributed by atoms with van der Waals surface area (Å²) in [6.45, 7) is 7.97. The molecule has 0 aromatic heterocycles. The summed E-state index contributed by atoms with van der Waals surface area (Å²) >= 11 is 0. The van der Waals surface area contributed by atoms with E-state index < -0.39 is 0 Å². The van der Waals surface area contributed by atoms with Gasteiger partial charge in [-0.05, 0) is 23.8 Å². The highest BCUT2D eigenvalue weighted by atomic mass is 16.6. The molecular weight excluding hydrogens is 606 g/mol. The van der Waals surface area contributed by atoms with Crippen LogP contribution in [0.3, 0.4) is 0 Å². The molecule has 0 aliphatic carbocycles. The van der Waals surface area contributed by atoms with Crippen LogP contribution in [-0.4, -0.2) is 117 Å². The number of nitrogens with zero attached hydrogens (tertiary/aromatic N) is 1. The van der Waals surface area contributed by atoms with Gasteiger partial charge in [-0.2, -0.15) is 0 Å². The van der Waals surface area contributed by atoms with Crippen LogP contribution in [0.1, 0.15) is 29.5 Å². The Kier molecular flexibility index (Phi) is 20.0. The predicted octanol–water partition coefficient (Wildman–Crippen LogP) is 1.90. The smallest absolute Gasteiger partial charge is 0.227 e. The van der Waals surface area contributed by atoms with Crippen LogP contribution in [0, 0.1) is 11.8 Å². The van der Waals surface area contributed by atoms with Crippen LogP contribution < -0.4 is 16.0 Å². The number of carbonyl (C=O) groups excluding carboxylic acids is 2. The molecule has 0 spiro atoms. The van der Waals surface area contributed by atoms with Crippen molar-refractivity contribution in [2.75, 3.05) is 110 Å². The molecule has 0 radical (unpaired) electrons. The minimum Gasteiger partial charge on any atom is -0.378 e. The number of ether oxygens (including phenoxy) is 7. The molecule has 3 N–H and O–H groups in total. The molecule has 1 aliphatic rings. The number of para-hydroxylation sites is 1. The monoisotopic (exact) mass is 655 g/mol. The van der Waals surface area contributed by atoms with Crippen molar-refractivity contribution < 1.29 is 42.7 Å². The first-order valence-electron chi connectivity index (χ1n) is 16.2. The zero-order chi connectivity index (χ0) is 33.2. The average Bonchev–Trinajstić information content (AvgIpc) is 3.08. The second-order valence-electron chi connectivity index (χ2n) is 10.3. The van der Waals surface area contributed by atoms with E-state index in [1.54, 1.807) is 4.90 Å². The van der Waals surface area contributed by atoms with E-state index in [-0.39, 0.29) is 24.7 Å². The van der Waals surface area contributed by atoms with Gasteiger partial charge in [-0.25, -0.2) is 0 Å². The number of carbonyl (C=O) groups is 2. The number of nitrogens with one attached hydrogen (secondary N) is 1. The van der Waals surface area contributed by atoms with Gasteiger partial charge in [0.05, 0.1) is 105 Å². The van der Waals surface area contributed by atoms with Crippen molar-refractivity contribution in [1.82, 2.24) is 5.32 Å². The Morgan fingerprint density at radius 3 is 1.66 bits per heavy atom. The number of rotatable bonds is 26. The SMILES string of the molecule is NCCOCCOCCOCCOCCOCCOCCOCCNC(=O)CCC(=O)N1Cc2ccccc2C#Cc2ccccc21. The van der Waals surface area contributed by atoms with Crippen LogP contribution in [0.5, 0.6) is 0 Å². The highest BCUT2D eigenvalue weighted by Crippen LogP contribution is 2.26. The van der Waals surface area contributed by atoms with Gasteiger partial charge in [0.2, 0.25) is 11.8 Å². The Hall–Kier alpha value is -3.38. The van der Waals surface area contributed by atoms with E-state index in [0.29, 0.717) is 112 Å². The highest BCUT2D eigenvalue weighted by molar-refractivity contribution is 5.96. The number of anilines is 1. The van der Waals surface area contributed by atoms with Gasteiger partial charge in [0, 0.05) is 37.1 Å². The van der Waals surface area contributed by atoms with Gasteiger partial charge in [-0.15, -0.1) is 0 Å². The first-order valence-corrected chi connectivity index (χ1v) is 16.2. The summed E-state index contributed by atoms with van der Waals surface area (Å²) in [7, 11) is 0. The summed E-state index contributed by atoms with van der Waals surface area (Å²) in [4.78, 5) is 27.4. The first-order chi connectivity index (χ1) is 23.2. The van der Waals surface area contributed by atoms with Crippen LogP contribution in [0.4, 0.5) is 5.69 Å². The maximum atomic E-state index is 13.2. The zero-order valence-corrected chi connectivity index (χ0v) is 27.3. The Bertz CT molecular complexity index is 1230. The van der Waals surface area contributed by atoms with E-state index >= 15 is 0 Å².